The number of alkyl halides is 3. The zero-order chi connectivity index (χ0) is 14.6. The third-order valence-corrected chi connectivity index (χ3v) is 2.75. The van der Waals surface area contributed by atoms with Crippen LogP contribution in [0.15, 0.2) is 18.2 Å². The van der Waals surface area contributed by atoms with Crippen LogP contribution in [0.25, 0.3) is 0 Å². The van der Waals surface area contributed by atoms with Gasteiger partial charge in [0.1, 0.15) is 0 Å². The number of nitrogens with zero attached hydrogens (tertiary/aromatic N) is 2. The number of nitrogen functional groups attached to an aromatic ring is 1. The summed E-state index contributed by atoms with van der Waals surface area (Å²) in [5.41, 5.74) is 5.53. The second kappa shape index (κ2) is 5.83. The van der Waals surface area contributed by atoms with Crippen LogP contribution in [-0.2, 0) is 6.18 Å². The first-order chi connectivity index (χ1) is 8.77. The third kappa shape index (κ3) is 3.78. The molecule has 0 unspecified atom stereocenters. The molecule has 0 heterocycles. The van der Waals surface area contributed by atoms with Crippen molar-refractivity contribution in [2.75, 3.05) is 17.2 Å². The molecule has 0 bridgehead atoms. The molecular weight excluding hydrogens is 255 g/mol. The Morgan fingerprint density at radius 2 is 2.00 bits per heavy atom. The van der Waals surface area contributed by atoms with Gasteiger partial charge in [-0.1, -0.05) is 0 Å². The van der Waals surface area contributed by atoms with Gasteiger partial charge in [0.15, 0.2) is 0 Å². The van der Waals surface area contributed by atoms with Gasteiger partial charge in [0.05, 0.1) is 29.4 Å². The van der Waals surface area contributed by atoms with Gasteiger partial charge in [0.2, 0.25) is 0 Å². The van der Waals surface area contributed by atoms with Gasteiger partial charge in [-0.05, 0) is 32.0 Å². The Morgan fingerprint density at radius 3 is 2.42 bits per heavy atom. The molecule has 1 rings (SSSR count). The molecule has 0 radical (unpaired) electrons. The Kier molecular flexibility index (Phi) is 4.65. The number of benzene rings is 1. The molecule has 0 aliphatic carbocycles. The zero-order valence-electron chi connectivity index (χ0n) is 10.8. The van der Waals surface area contributed by atoms with Crippen molar-refractivity contribution < 1.29 is 13.2 Å². The lowest BCUT2D eigenvalue weighted by atomic mass is 10.1. The van der Waals surface area contributed by atoms with E-state index >= 15 is 0 Å². The Morgan fingerprint density at radius 1 is 1.37 bits per heavy atom. The van der Waals surface area contributed by atoms with E-state index in [0.29, 0.717) is 18.7 Å². The van der Waals surface area contributed by atoms with Crippen LogP contribution in [0.5, 0.6) is 0 Å². The summed E-state index contributed by atoms with van der Waals surface area (Å²) in [6.07, 6.45) is -4.11. The lowest BCUT2D eigenvalue weighted by molar-refractivity contribution is -0.137. The lowest BCUT2D eigenvalue weighted by Gasteiger charge is -2.29. The molecule has 0 spiro atoms. The quantitative estimate of drug-likeness (QED) is 0.854. The summed E-state index contributed by atoms with van der Waals surface area (Å²) in [5.74, 6) is 0. The van der Waals surface area contributed by atoms with Gasteiger partial charge >= 0.3 is 6.18 Å². The summed E-state index contributed by atoms with van der Waals surface area (Å²) < 4.78 is 37.6. The lowest BCUT2D eigenvalue weighted by Crippen LogP contribution is -2.32. The Bertz CT molecular complexity index is 475. The van der Waals surface area contributed by atoms with E-state index in [9.17, 15) is 13.2 Å². The molecule has 0 saturated heterocycles. The maximum atomic E-state index is 12.5. The maximum Gasteiger partial charge on any atom is 0.416 e. The Hall–Kier alpha value is -1.90. The molecule has 0 fully saturated rings. The van der Waals surface area contributed by atoms with Crippen molar-refractivity contribution in [2.45, 2.75) is 32.5 Å². The predicted molar refractivity (Wildman–Crippen MR) is 68.6 cm³/mol. The average molecular weight is 271 g/mol. The van der Waals surface area contributed by atoms with Crippen molar-refractivity contribution in [3.63, 3.8) is 0 Å². The molecule has 104 valence electrons. The van der Waals surface area contributed by atoms with Crippen LogP contribution in [0.1, 0.15) is 25.8 Å². The average Bonchev–Trinajstić information content (AvgIpc) is 2.29. The number of hydrogen-bond acceptors (Lipinski definition) is 3. The second-order valence-corrected chi connectivity index (χ2v) is 4.47. The minimum Gasteiger partial charge on any atom is -0.397 e. The van der Waals surface area contributed by atoms with E-state index in [2.05, 4.69) is 0 Å². The smallest absolute Gasteiger partial charge is 0.397 e. The van der Waals surface area contributed by atoms with E-state index in [1.807, 2.05) is 24.8 Å². The minimum atomic E-state index is -4.40. The number of halogens is 3. The van der Waals surface area contributed by atoms with Gasteiger partial charge in [-0.2, -0.15) is 18.4 Å². The van der Waals surface area contributed by atoms with Crippen molar-refractivity contribution >= 4 is 11.4 Å². The molecular formula is C13H16F3N3. The highest BCUT2D eigenvalue weighted by Crippen LogP contribution is 2.34. The van der Waals surface area contributed by atoms with Crippen LogP contribution in [0, 0.1) is 11.3 Å². The molecule has 6 heteroatoms. The van der Waals surface area contributed by atoms with E-state index in [4.69, 9.17) is 11.0 Å². The first kappa shape index (κ1) is 15.2. The second-order valence-electron chi connectivity index (χ2n) is 4.47. The largest absolute Gasteiger partial charge is 0.416 e. The molecule has 0 aromatic heterocycles. The van der Waals surface area contributed by atoms with Crippen molar-refractivity contribution in [1.29, 1.82) is 5.26 Å². The highest BCUT2D eigenvalue weighted by molar-refractivity contribution is 5.69. The summed E-state index contributed by atoms with van der Waals surface area (Å²) in [4.78, 5) is 1.82. The summed E-state index contributed by atoms with van der Waals surface area (Å²) in [5, 5.41) is 8.61. The monoisotopic (exact) mass is 271 g/mol. The van der Waals surface area contributed by atoms with Crippen molar-refractivity contribution in [3.05, 3.63) is 23.8 Å². The number of hydrogen-bond donors (Lipinski definition) is 1. The number of nitriles is 1. The molecule has 2 N–H and O–H groups in total. The molecule has 0 aliphatic heterocycles. The third-order valence-electron chi connectivity index (χ3n) is 2.75. The topological polar surface area (TPSA) is 53.0 Å². The minimum absolute atomic E-state index is 0.0485. The van der Waals surface area contributed by atoms with Gasteiger partial charge in [0.25, 0.3) is 0 Å². The number of anilines is 2. The first-order valence-corrected chi connectivity index (χ1v) is 5.87. The molecule has 0 amide bonds. The fourth-order valence-corrected chi connectivity index (χ4v) is 1.82. The zero-order valence-corrected chi connectivity index (χ0v) is 10.8. The Balaban J connectivity index is 3.09. The van der Waals surface area contributed by atoms with Gasteiger partial charge in [-0.25, -0.2) is 0 Å². The first-order valence-electron chi connectivity index (χ1n) is 5.87. The highest BCUT2D eigenvalue weighted by atomic mass is 19.4. The van der Waals surface area contributed by atoms with Crippen molar-refractivity contribution in [2.24, 2.45) is 0 Å². The van der Waals surface area contributed by atoms with E-state index in [-0.39, 0.29) is 11.7 Å². The fourth-order valence-electron chi connectivity index (χ4n) is 1.82. The highest BCUT2D eigenvalue weighted by Gasteiger charge is 2.31. The van der Waals surface area contributed by atoms with E-state index < -0.39 is 11.7 Å². The summed E-state index contributed by atoms with van der Waals surface area (Å²) in [6, 6.07) is 5.36. The maximum absolute atomic E-state index is 12.5. The van der Waals surface area contributed by atoms with Gasteiger partial charge in [-0.15, -0.1) is 0 Å². The SMILES string of the molecule is CC(C)N(CCC#N)c1ccc(C(F)(F)F)cc1N. The Labute approximate surface area is 110 Å². The normalized spacial score (nSPS) is 11.4. The molecule has 1 aromatic carbocycles. The predicted octanol–water partition coefficient (Wildman–Crippen LogP) is 3.42. The summed E-state index contributed by atoms with van der Waals surface area (Å²) in [6.45, 7) is 4.23. The van der Waals surface area contributed by atoms with Crippen LogP contribution in [0.3, 0.4) is 0 Å². The standard InChI is InChI=1S/C13H16F3N3/c1-9(2)19(7-3-6-17)12-5-4-10(8-11(12)18)13(14,15)16/h4-5,8-9H,3,7,18H2,1-2H3. The fraction of sp³-hybridized carbons (Fsp3) is 0.462. The van der Waals surface area contributed by atoms with E-state index in [0.717, 1.165) is 12.1 Å². The molecule has 0 atom stereocenters. The summed E-state index contributed by atoms with van der Waals surface area (Å²) in [7, 11) is 0. The van der Waals surface area contributed by atoms with Crippen molar-refractivity contribution in [3.8, 4) is 6.07 Å². The van der Waals surface area contributed by atoms with Gasteiger partial charge < -0.3 is 10.6 Å². The number of rotatable bonds is 4. The molecule has 0 aliphatic rings. The van der Waals surface area contributed by atoms with E-state index in [1.165, 1.54) is 6.07 Å². The molecule has 19 heavy (non-hydrogen) atoms. The van der Waals surface area contributed by atoms with Crippen LogP contribution in [-0.4, -0.2) is 12.6 Å². The molecule has 1 aromatic rings. The van der Waals surface area contributed by atoms with E-state index in [1.54, 1.807) is 0 Å². The molecule has 0 saturated carbocycles. The van der Waals surface area contributed by atoms with Crippen LogP contribution < -0.4 is 10.6 Å². The van der Waals surface area contributed by atoms with Crippen molar-refractivity contribution in [1.82, 2.24) is 0 Å². The van der Waals surface area contributed by atoms with Crippen LogP contribution in [0.2, 0.25) is 0 Å². The van der Waals surface area contributed by atoms with Crippen LogP contribution >= 0.6 is 0 Å². The van der Waals surface area contributed by atoms with Gasteiger partial charge in [-0.3, -0.25) is 0 Å². The summed E-state index contributed by atoms with van der Waals surface area (Å²) >= 11 is 0. The van der Waals surface area contributed by atoms with Gasteiger partial charge in [0, 0.05) is 12.6 Å². The molecule has 3 nitrogen and oxygen atoms in total. The van der Waals surface area contributed by atoms with Crippen LogP contribution in [0.4, 0.5) is 24.5 Å². The number of nitrogens with two attached hydrogens (primary N) is 1.